The van der Waals surface area contributed by atoms with E-state index in [1.807, 2.05) is 24.3 Å². The molecule has 0 aliphatic rings. The van der Waals surface area contributed by atoms with Crippen LogP contribution in [0.3, 0.4) is 0 Å². The van der Waals surface area contributed by atoms with Gasteiger partial charge < -0.3 is 5.02 Å². The van der Waals surface area contributed by atoms with Crippen molar-refractivity contribution in [2.24, 2.45) is 5.09 Å². The van der Waals surface area contributed by atoms with Gasteiger partial charge in [0.15, 0.2) is 0 Å². The third kappa shape index (κ3) is 1.36. The molecule has 0 amide bonds. The molecule has 0 atom stereocenters. The Morgan fingerprint density at radius 2 is 2.15 bits per heavy atom. The smallest absolute Gasteiger partial charge is 0.425 e. The Labute approximate surface area is 79.1 Å². The zero-order valence-electron chi connectivity index (χ0n) is 6.68. The van der Waals surface area contributed by atoms with E-state index in [9.17, 15) is 9.93 Å². The molecule has 0 bridgehead atoms. The average molecular weight is 191 g/mol. The molecule has 1 aromatic heterocycles. The second-order valence-corrected chi connectivity index (χ2v) is 3.58. The lowest BCUT2D eigenvalue weighted by Crippen LogP contribution is -2.26. The molecular weight excluding hydrogens is 185 g/mol. The molecule has 0 spiro atoms. The summed E-state index contributed by atoms with van der Waals surface area (Å²) >= 11 is 1.50. The van der Waals surface area contributed by atoms with E-state index in [0.29, 0.717) is 5.46 Å². The predicted octanol–water partition coefficient (Wildman–Crippen LogP) is 1.36. The highest BCUT2D eigenvalue weighted by atomic mass is 32.1. The van der Waals surface area contributed by atoms with Gasteiger partial charge in [0.05, 0.1) is 0 Å². The Bertz CT molecular complexity index is 442. The Morgan fingerprint density at radius 3 is 2.92 bits per heavy atom. The van der Waals surface area contributed by atoms with Gasteiger partial charge >= 0.3 is 7.05 Å². The van der Waals surface area contributed by atoms with Crippen molar-refractivity contribution in [2.45, 2.75) is 0 Å². The van der Waals surface area contributed by atoms with E-state index in [-0.39, 0.29) is 0 Å². The Hall–Kier alpha value is -1.20. The van der Waals surface area contributed by atoms with Crippen molar-refractivity contribution >= 4 is 33.9 Å². The van der Waals surface area contributed by atoms with Crippen LogP contribution in [0.1, 0.15) is 0 Å². The summed E-state index contributed by atoms with van der Waals surface area (Å²) in [6.45, 7) is 0. The van der Waals surface area contributed by atoms with Crippen LogP contribution >= 0.6 is 11.3 Å². The van der Waals surface area contributed by atoms with Gasteiger partial charge in [-0.15, -0.1) is 11.3 Å². The van der Waals surface area contributed by atoms with E-state index in [2.05, 4.69) is 5.09 Å². The van der Waals surface area contributed by atoms with Crippen molar-refractivity contribution in [3.05, 3.63) is 34.6 Å². The molecule has 13 heavy (non-hydrogen) atoms. The quantitative estimate of drug-likeness (QED) is 0.575. The van der Waals surface area contributed by atoms with Crippen molar-refractivity contribution < 1.29 is 5.02 Å². The van der Waals surface area contributed by atoms with Gasteiger partial charge in [-0.2, -0.15) is 4.91 Å². The monoisotopic (exact) mass is 191 g/mol. The molecule has 1 N–H and O–H groups in total. The second kappa shape index (κ2) is 3.28. The van der Waals surface area contributed by atoms with Crippen LogP contribution in [-0.2, 0) is 0 Å². The lowest BCUT2D eigenvalue weighted by Gasteiger charge is -1.93. The van der Waals surface area contributed by atoms with Crippen LogP contribution in [0.2, 0.25) is 0 Å². The first-order valence-electron chi connectivity index (χ1n) is 3.79. The summed E-state index contributed by atoms with van der Waals surface area (Å²) in [5.41, 5.74) is 0.593. The average Bonchev–Trinajstić information content (AvgIpc) is 2.60. The SMILES string of the molecule is O=NB(O)c1csc2ccccc12. The summed E-state index contributed by atoms with van der Waals surface area (Å²) in [6, 6.07) is 7.61. The summed E-state index contributed by atoms with van der Waals surface area (Å²) in [5, 5.41) is 14.5. The van der Waals surface area contributed by atoms with Crippen LogP contribution in [0.15, 0.2) is 34.7 Å². The highest BCUT2D eigenvalue weighted by Gasteiger charge is 2.19. The molecule has 64 valence electrons. The maximum Gasteiger partial charge on any atom is 0.519 e. The number of thiophene rings is 1. The zero-order chi connectivity index (χ0) is 9.26. The summed E-state index contributed by atoms with van der Waals surface area (Å²) < 4.78 is 1.06. The second-order valence-electron chi connectivity index (χ2n) is 2.67. The molecule has 5 heteroatoms. The molecule has 0 saturated carbocycles. The molecule has 1 aromatic carbocycles. The van der Waals surface area contributed by atoms with Gasteiger partial charge in [-0.25, -0.2) is 0 Å². The van der Waals surface area contributed by atoms with Crippen LogP contribution in [-0.4, -0.2) is 12.1 Å². The van der Waals surface area contributed by atoms with Gasteiger partial charge in [-0.05, 0) is 22.3 Å². The maximum atomic E-state index is 10.2. The summed E-state index contributed by atoms with van der Waals surface area (Å²) in [4.78, 5) is 10.2. The molecule has 0 radical (unpaired) electrons. The number of rotatable bonds is 2. The van der Waals surface area contributed by atoms with E-state index in [0.717, 1.165) is 10.1 Å². The first-order valence-corrected chi connectivity index (χ1v) is 4.67. The minimum Gasteiger partial charge on any atom is -0.425 e. The standard InChI is InChI=1S/C8H6BNO2S/c11-9(10-12)7-5-13-8-4-2-1-3-6(7)8/h1-5,11H. The van der Waals surface area contributed by atoms with Gasteiger partial charge in [0.2, 0.25) is 0 Å². The number of fused-ring (bicyclic) bond motifs is 1. The van der Waals surface area contributed by atoms with Gasteiger partial charge in [-0.1, -0.05) is 23.3 Å². The van der Waals surface area contributed by atoms with E-state index in [4.69, 9.17) is 0 Å². The lowest BCUT2D eigenvalue weighted by molar-refractivity contribution is 0.588. The Morgan fingerprint density at radius 1 is 1.38 bits per heavy atom. The van der Waals surface area contributed by atoms with Crippen molar-refractivity contribution in [3.8, 4) is 0 Å². The van der Waals surface area contributed by atoms with Gasteiger partial charge in [-0.3, -0.25) is 0 Å². The van der Waals surface area contributed by atoms with Crippen molar-refractivity contribution in [1.29, 1.82) is 0 Å². The lowest BCUT2D eigenvalue weighted by atomic mass is 9.76. The molecule has 0 fully saturated rings. The van der Waals surface area contributed by atoms with E-state index in [1.165, 1.54) is 11.3 Å². The number of nitrogens with zero attached hydrogens (tertiary/aromatic N) is 1. The topological polar surface area (TPSA) is 49.7 Å². The predicted molar refractivity (Wildman–Crippen MR) is 55.2 cm³/mol. The minimum absolute atomic E-state index is 0.593. The van der Waals surface area contributed by atoms with Gasteiger partial charge in [0, 0.05) is 4.70 Å². The summed E-state index contributed by atoms with van der Waals surface area (Å²) in [6.07, 6.45) is 0. The molecular formula is C8H6BNO2S. The largest absolute Gasteiger partial charge is 0.519 e. The van der Waals surface area contributed by atoms with Crippen molar-refractivity contribution in [1.82, 2.24) is 0 Å². The summed E-state index contributed by atoms with van der Waals surface area (Å²) in [7, 11) is -1.24. The van der Waals surface area contributed by atoms with Crippen molar-refractivity contribution in [3.63, 3.8) is 0 Å². The van der Waals surface area contributed by atoms with Crippen molar-refractivity contribution in [2.75, 3.05) is 0 Å². The number of hydrogen-bond donors (Lipinski definition) is 1. The van der Waals surface area contributed by atoms with Gasteiger partial charge in [0.1, 0.15) is 0 Å². The molecule has 0 aliphatic carbocycles. The molecule has 2 rings (SSSR count). The van der Waals surface area contributed by atoms with Gasteiger partial charge in [0.25, 0.3) is 0 Å². The third-order valence-corrected chi connectivity index (χ3v) is 2.87. The normalized spacial score (nSPS) is 10.2. The fourth-order valence-electron chi connectivity index (χ4n) is 1.26. The maximum absolute atomic E-state index is 10.2. The molecule has 2 aromatic rings. The molecule has 3 nitrogen and oxygen atoms in total. The van der Waals surface area contributed by atoms with E-state index in [1.54, 1.807) is 5.38 Å². The first kappa shape index (κ1) is 8.41. The Balaban J connectivity index is 2.64. The molecule has 0 saturated heterocycles. The van der Waals surface area contributed by atoms with Crippen LogP contribution in [0.25, 0.3) is 10.1 Å². The van der Waals surface area contributed by atoms with E-state index < -0.39 is 7.05 Å². The fraction of sp³-hybridized carbons (Fsp3) is 0. The van der Waals surface area contributed by atoms with Crippen LogP contribution < -0.4 is 5.46 Å². The van der Waals surface area contributed by atoms with Crippen LogP contribution in [0.5, 0.6) is 0 Å². The van der Waals surface area contributed by atoms with E-state index >= 15 is 0 Å². The number of benzene rings is 1. The minimum atomic E-state index is -1.24. The van der Waals surface area contributed by atoms with Crippen LogP contribution in [0, 0.1) is 4.91 Å². The first-order chi connectivity index (χ1) is 6.33. The van der Waals surface area contributed by atoms with Crippen LogP contribution in [0.4, 0.5) is 0 Å². The molecule has 0 aliphatic heterocycles. The zero-order valence-corrected chi connectivity index (χ0v) is 7.49. The number of nitroso groups, excluding NO2 is 1. The Kier molecular flexibility index (Phi) is 2.12. The summed E-state index contributed by atoms with van der Waals surface area (Å²) in [5.74, 6) is 0. The fourth-order valence-corrected chi connectivity index (χ4v) is 2.23. The highest BCUT2D eigenvalue weighted by Crippen LogP contribution is 2.18. The molecule has 1 heterocycles. The highest BCUT2D eigenvalue weighted by molar-refractivity contribution is 7.18. The number of hydrogen-bond acceptors (Lipinski definition) is 4. The molecule has 0 unspecified atom stereocenters. The third-order valence-electron chi connectivity index (χ3n) is 1.89.